The third kappa shape index (κ3) is 13.2. The fourth-order valence-electron chi connectivity index (χ4n) is 12.4. The van der Waals surface area contributed by atoms with Crippen molar-refractivity contribution in [2.24, 2.45) is 10.4 Å². The minimum Gasteiger partial charge on any atom is -0.508 e. The van der Waals surface area contributed by atoms with E-state index in [-0.39, 0.29) is 57.8 Å². The summed E-state index contributed by atoms with van der Waals surface area (Å²) in [6.07, 6.45) is 19.8. The lowest BCUT2D eigenvalue weighted by Crippen LogP contribution is -2.57. The predicted octanol–water partition coefficient (Wildman–Crippen LogP) is 7.65. The second-order valence-electron chi connectivity index (χ2n) is 23.7. The first-order chi connectivity index (χ1) is 39.1. The van der Waals surface area contributed by atoms with Crippen LogP contribution in [0.2, 0.25) is 0 Å². The molecule has 2 bridgehead atoms. The Kier molecular flexibility index (Phi) is 17.7. The summed E-state index contributed by atoms with van der Waals surface area (Å²) in [6, 6.07) is 13.9. The van der Waals surface area contributed by atoms with E-state index >= 15 is 0 Å². The average molecular weight is 1100 g/mol. The number of anilines is 1. The number of aromatic hydroxyl groups is 3. The van der Waals surface area contributed by atoms with Gasteiger partial charge in [0.25, 0.3) is 0 Å². The average Bonchev–Trinajstić information content (AvgIpc) is 4.27. The van der Waals surface area contributed by atoms with E-state index in [1.165, 1.54) is 17.7 Å². The third-order valence-electron chi connectivity index (χ3n) is 16.9. The molecule has 4 fully saturated rings. The number of ether oxygens (including phenoxy) is 1. The Hall–Kier alpha value is -7.33. The van der Waals surface area contributed by atoms with E-state index in [4.69, 9.17) is 26.1 Å². The number of amides is 3. The van der Waals surface area contributed by atoms with E-state index in [0.29, 0.717) is 72.2 Å². The van der Waals surface area contributed by atoms with Crippen LogP contribution in [0.4, 0.5) is 5.82 Å². The zero-order valence-electron chi connectivity index (χ0n) is 47.5. The number of phenols is 2. The quantitative estimate of drug-likeness (QED) is 0.0307. The number of aliphatic imine (C=N–C) groups is 1. The summed E-state index contributed by atoms with van der Waals surface area (Å²) in [5.41, 5.74) is 4.87. The number of likely N-dealkylation sites (tertiary alicyclic amines) is 1. The molecule has 5 aliphatic rings. The molecule has 428 valence electrons. The highest BCUT2D eigenvalue weighted by Crippen LogP contribution is 2.44. The number of unbranched alkanes of at least 4 members (excludes halogenated alkanes) is 4. The lowest BCUT2D eigenvalue weighted by molar-refractivity contribution is -0.143. The van der Waals surface area contributed by atoms with Gasteiger partial charge in [-0.2, -0.15) is 9.97 Å². The molecule has 0 saturated carbocycles. The summed E-state index contributed by atoms with van der Waals surface area (Å²) >= 11 is 0. The Morgan fingerprint density at radius 3 is 2.30 bits per heavy atom. The van der Waals surface area contributed by atoms with Gasteiger partial charge in [-0.3, -0.25) is 24.4 Å². The van der Waals surface area contributed by atoms with Crippen molar-refractivity contribution in [3.05, 3.63) is 77.1 Å². The molecule has 3 unspecified atom stereocenters. The van der Waals surface area contributed by atoms with Gasteiger partial charge in [-0.25, -0.2) is 0 Å². The molecule has 18 heteroatoms. The SMILES string of the molecule is C#Cc1c(O)ccc2cc(O)cc(-c3ncc4c(N5CC6CCC(C5)N6)nc(OCCCN5CCN(CCCCCCCC(=O)NC(C(=O)N6CCC[C@H]6C(=O)NCc6ccc(C7=C(C)N=CC7)cc6)C(C)(C)C)CC5)nc4c3O)c12. The smallest absolute Gasteiger partial charge is 0.319 e. The monoisotopic (exact) mass is 1100 g/mol. The van der Waals surface area contributed by atoms with Crippen molar-refractivity contribution in [1.29, 1.82) is 0 Å². The largest absolute Gasteiger partial charge is 0.508 e. The van der Waals surface area contributed by atoms with Crippen molar-refractivity contribution in [2.75, 3.05) is 70.4 Å². The van der Waals surface area contributed by atoms with E-state index in [0.717, 1.165) is 133 Å². The highest BCUT2D eigenvalue weighted by molar-refractivity contribution is 6.06. The van der Waals surface area contributed by atoms with Crippen LogP contribution in [0.3, 0.4) is 0 Å². The third-order valence-corrected chi connectivity index (χ3v) is 16.9. The second kappa shape index (κ2) is 25.2. The molecular weight excluding hydrogens is 1020 g/mol. The van der Waals surface area contributed by atoms with Crippen LogP contribution < -0.4 is 25.6 Å². The number of allylic oxidation sites excluding steroid dienone is 2. The zero-order chi connectivity index (χ0) is 56.8. The number of rotatable bonds is 21. The lowest BCUT2D eigenvalue weighted by Gasteiger charge is -2.35. The number of hydrogen-bond acceptors (Lipinski definition) is 15. The molecule has 5 aromatic rings. The van der Waals surface area contributed by atoms with Gasteiger partial charge in [-0.05, 0) is 104 Å². The van der Waals surface area contributed by atoms with Crippen molar-refractivity contribution < 1.29 is 34.4 Å². The molecule has 3 amide bonds. The van der Waals surface area contributed by atoms with Crippen LogP contribution in [-0.2, 0) is 20.9 Å². The number of aromatic nitrogens is 3. The lowest BCUT2D eigenvalue weighted by atomic mass is 9.85. The maximum atomic E-state index is 14.1. The van der Waals surface area contributed by atoms with Gasteiger partial charge in [0.2, 0.25) is 17.7 Å². The van der Waals surface area contributed by atoms with Crippen LogP contribution >= 0.6 is 0 Å². The molecule has 10 rings (SSSR count). The molecule has 5 aliphatic heterocycles. The maximum Gasteiger partial charge on any atom is 0.319 e. The Morgan fingerprint density at radius 1 is 0.877 bits per heavy atom. The molecule has 6 N–H and O–H groups in total. The molecule has 2 aromatic heterocycles. The first-order valence-corrected chi connectivity index (χ1v) is 29.2. The Labute approximate surface area is 475 Å². The van der Waals surface area contributed by atoms with Crippen molar-refractivity contribution in [3.8, 4) is 46.9 Å². The van der Waals surface area contributed by atoms with Crippen molar-refractivity contribution in [3.63, 3.8) is 0 Å². The number of fused-ring (bicyclic) bond motifs is 4. The van der Waals surface area contributed by atoms with Gasteiger partial charge < -0.3 is 55.6 Å². The summed E-state index contributed by atoms with van der Waals surface area (Å²) in [7, 11) is 0. The first-order valence-electron chi connectivity index (χ1n) is 29.2. The highest BCUT2D eigenvalue weighted by atomic mass is 16.5. The summed E-state index contributed by atoms with van der Waals surface area (Å²) in [5.74, 6) is 2.39. The number of piperazine rings is 2. The van der Waals surface area contributed by atoms with Crippen LogP contribution in [0, 0.1) is 17.8 Å². The van der Waals surface area contributed by atoms with Crippen LogP contribution in [0.1, 0.15) is 121 Å². The van der Waals surface area contributed by atoms with Crippen LogP contribution in [0.25, 0.3) is 38.5 Å². The number of hydrogen-bond donors (Lipinski definition) is 6. The summed E-state index contributed by atoms with van der Waals surface area (Å²) in [6.45, 7) is 16.5. The minimum atomic E-state index is -0.734. The molecule has 4 atom stereocenters. The Morgan fingerprint density at radius 2 is 1.59 bits per heavy atom. The normalized spacial score (nSPS) is 19.9. The van der Waals surface area contributed by atoms with E-state index in [1.807, 2.05) is 46.0 Å². The van der Waals surface area contributed by atoms with Crippen LogP contribution in [-0.4, -0.2) is 159 Å². The van der Waals surface area contributed by atoms with Gasteiger partial charge in [0.15, 0.2) is 5.75 Å². The summed E-state index contributed by atoms with van der Waals surface area (Å²) < 4.78 is 6.29. The molecule has 7 heterocycles. The second-order valence-corrected chi connectivity index (χ2v) is 23.7. The Balaban J connectivity index is 0.644. The van der Waals surface area contributed by atoms with E-state index in [2.05, 4.69) is 53.7 Å². The van der Waals surface area contributed by atoms with Gasteiger partial charge >= 0.3 is 6.01 Å². The number of nitrogens with zero attached hydrogens (tertiary/aromatic N) is 8. The number of terminal acetylenes is 1. The van der Waals surface area contributed by atoms with Gasteiger partial charge in [-0.15, -0.1) is 6.42 Å². The number of pyridine rings is 1. The maximum absolute atomic E-state index is 14.1. The molecule has 18 nitrogen and oxygen atoms in total. The molecule has 0 aliphatic carbocycles. The summed E-state index contributed by atoms with van der Waals surface area (Å²) in [5, 5.41) is 44.9. The van der Waals surface area contributed by atoms with E-state index in [9.17, 15) is 29.7 Å². The number of carbonyl (C=O) groups is 3. The molecular formula is C63H79N11O7. The van der Waals surface area contributed by atoms with Gasteiger partial charge in [-0.1, -0.05) is 76.3 Å². The van der Waals surface area contributed by atoms with Crippen molar-refractivity contribution in [1.82, 2.24) is 45.6 Å². The molecule has 81 heavy (non-hydrogen) atoms. The standard InChI is InChI=1S/C63H79N11O7/c1-6-47-52(76)23-20-43-34-46(75)35-49(54(43)47)55-57(78)56-50(37-65-55)59(73-38-44-21-22-45(39-73)67-44)70-62(69-56)81-33-13-27-72-31-29-71(30-32-72)26-11-9-7-8-10-15-53(77)68-58(63(3,4)5)61(80)74-28-12-14-51(74)60(79)66-36-41-16-18-42(19-17-41)48-24-25-64-40(48)2/h1,16-20,23,25,34-35,37,44-45,51,58,67,75-76,78H,7-15,21-22,24,26-33,36,38-39H2,2-5H3,(H,66,79)(H,68,77)/t44?,45?,51-,58?/m0/s1. The number of nitrogens with one attached hydrogen (secondary N) is 3. The molecule has 4 saturated heterocycles. The van der Waals surface area contributed by atoms with Crippen LogP contribution in [0.15, 0.2) is 65.4 Å². The van der Waals surface area contributed by atoms with Gasteiger partial charge in [0, 0.05) is 113 Å². The number of benzene rings is 3. The fourth-order valence-corrected chi connectivity index (χ4v) is 12.4. The summed E-state index contributed by atoms with van der Waals surface area (Å²) in [4.78, 5) is 68.6. The molecule has 0 radical (unpaired) electrons. The first kappa shape index (κ1) is 56.9. The van der Waals surface area contributed by atoms with Crippen molar-refractivity contribution in [2.45, 2.75) is 135 Å². The highest BCUT2D eigenvalue weighted by Gasteiger charge is 2.42. The predicted molar refractivity (Wildman–Crippen MR) is 316 cm³/mol. The van der Waals surface area contributed by atoms with E-state index in [1.54, 1.807) is 23.2 Å². The number of carbonyl (C=O) groups excluding carboxylic acids is 3. The topological polar surface area (TPSA) is 221 Å². The number of phenolic OH excluding ortho intramolecular Hbond substituents is 2. The molecule has 0 spiro atoms. The van der Waals surface area contributed by atoms with E-state index < -0.39 is 17.5 Å². The van der Waals surface area contributed by atoms with Gasteiger partial charge in [0.1, 0.15) is 40.6 Å². The zero-order valence-corrected chi connectivity index (χ0v) is 47.5. The fraction of sp³-hybridized carbons (Fsp3) is 0.508. The minimum absolute atomic E-state index is 0.0425. The van der Waals surface area contributed by atoms with Crippen LogP contribution in [0.5, 0.6) is 23.3 Å². The van der Waals surface area contributed by atoms with Gasteiger partial charge in [0.05, 0.1) is 17.6 Å². The Bertz CT molecular complexity index is 3220. The van der Waals surface area contributed by atoms with Crippen molar-refractivity contribution >= 4 is 57.0 Å². The molecule has 3 aromatic carbocycles.